The lowest BCUT2D eigenvalue weighted by Crippen LogP contribution is -2.37. The molecule has 3 aromatic carbocycles. The average molecular weight is 510 g/mol. The van der Waals surface area contributed by atoms with Crippen LogP contribution in [-0.4, -0.2) is 17.9 Å². The van der Waals surface area contributed by atoms with E-state index >= 15 is 0 Å². The minimum absolute atomic E-state index is 0.0913. The van der Waals surface area contributed by atoms with Crippen molar-refractivity contribution in [1.82, 2.24) is 5.32 Å². The summed E-state index contributed by atoms with van der Waals surface area (Å²) in [6.45, 7) is 3.47. The highest BCUT2D eigenvalue weighted by molar-refractivity contribution is 6.31. The molecule has 0 spiro atoms. The third-order valence-corrected chi connectivity index (χ3v) is 5.26. The number of nitrogens with one attached hydrogen (secondary N) is 2. The molecule has 0 aliphatic rings. The first kappa shape index (κ1) is 26.2. The van der Waals surface area contributed by atoms with Crippen LogP contribution in [0.25, 0.3) is 0 Å². The number of rotatable bonds is 6. The fourth-order valence-electron chi connectivity index (χ4n) is 3.46. The quantitative estimate of drug-likeness (QED) is 0.218. The molecule has 184 valence electrons. The highest BCUT2D eigenvalue weighted by atomic mass is 35.5. The van der Waals surface area contributed by atoms with Crippen molar-refractivity contribution in [2.24, 2.45) is 4.99 Å². The van der Waals surface area contributed by atoms with Gasteiger partial charge in [0.15, 0.2) is 11.6 Å². The highest BCUT2D eigenvalue weighted by Gasteiger charge is 2.16. The predicted octanol–water partition coefficient (Wildman–Crippen LogP) is 6.82. The standard InChI is InChI=1S/C25H21ClF5N3O/c1-13(16-6-18(27)11-19(28)7-16)5-14(2)32-25(33-21-10-17(26)9-20(29)12-21)34-24(35)15-3-4-22(30)23(31)8-15/h3-4,6-14H,5H2,1-2H3,(H2,32,33,34,35). The molecule has 0 aliphatic heterocycles. The van der Waals surface area contributed by atoms with Gasteiger partial charge in [-0.3, -0.25) is 10.1 Å². The molecule has 0 aliphatic carbocycles. The second kappa shape index (κ2) is 11.3. The van der Waals surface area contributed by atoms with E-state index < -0.39 is 41.0 Å². The van der Waals surface area contributed by atoms with Crippen LogP contribution in [0.1, 0.15) is 42.1 Å². The van der Waals surface area contributed by atoms with Gasteiger partial charge in [0.05, 0.1) is 6.04 Å². The van der Waals surface area contributed by atoms with Gasteiger partial charge >= 0.3 is 0 Å². The van der Waals surface area contributed by atoms with Crippen LogP contribution in [0.3, 0.4) is 0 Å². The summed E-state index contributed by atoms with van der Waals surface area (Å²) in [4.78, 5) is 17.0. The number of guanidine groups is 1. The Morgan fingerprint density at radius 2 is 1.54 bits per heavy atom. The van der Waals surface area contributed by atoms with Crippen LogP contribution < -0.4 is 10.6 Å². The normalized spacial score (nSPS) is 13.3. The molecule has 4 nitrogen and oxygen atoms in total. The third-order valence-electron chi connectivity index (χ3n) is 5.04. The zero-order chi connectivity index (χ0) is 25.7. The monoisotopic (exact) mass is 509 g/mol. The van der Waals surface area contributed by atoms with E-state index in [1.54, 1.807) is 13.8 Å². The van der Waals surface area contributed by atoms with Gasteiger partial charge in [-0.1, -0.05) is 18.5 Å². The van der Waals surface area contributed by atoms with Crippen molar-refractivity contribution in [2.75, 3.05) is 5.32 Å². The number of hydrogen-bond donors (Lipinski definition) is 2. The summed E-state index contributed by atoms with van der Waals surface area (Å²) in [5.74, 6) is -5.58. The molecule has 2 N–H and O–H groups in total. The van der Waals surface area contributed by atoms with Crippen molar-refractivity contribution in [3.05, 3.63) is 99.8 Å². The van der Waals surface area contributed by atoms with E-state index in [9.17, 15) is 26.7 Å². The Morgan fingerprint density at radius 1 is 0.886 bits per heavy atom. The molecule has 2 unspecified atom stereocenters. The van der Waals surface area contributed by atoms with Gasteiger partial charge in [-0.15, -0.1) is 0 Å². The van der Waals surface area contributed by atoms with Crippen LogP contribution in [0, 0.1) is 29.1 Å². The number of carbonyl (C=O) groups is 1. The summed E-state index contributed by atoms with van der Waals surface area (Å²) >= 11 is 5.89. The van der Waals surface area contributed by atoms with E-state index in [0.717, 1.165) is 36.4 Å². The summed E-state index contributed by atoms with van der Waals surface area (Å²) in [5.41, 5.74) is 0.431. The van der Waals surface area contributed by atoms with E-state index in [-0.39, 0.29) is 28.2 Å². The lowest BCUT2D eigenvalue weighted by atomic mass is 9.94. The van der Waals surface area contributed by atoms with E-state index in [0.29, 0.717) is 12.0 Å². The van der Waals surface area contributed by atoms with Crippen molar-refractivity contribution in [2.45, 2.75) is 32.2 Å². The number of carbonyl (C=O) groups excluding carboxylic acids is 1. The highest BCUT2D eigenvalue weighted by Crippen LogP contribution is 2.24. The van der Waals surface area contributed by atoms with Gasteiger partial charge < -0.3 is 5.32 Å². The number of aliphatic imine (C=N–C) groups is 1. The first-order chi connectivity index (χ1) is 16.5. The minimum Gasteiger partial charge on any atom is -0.326 e. The van der Waals surface area contributed by atoms with Crippen molar-refractivity contribution in [3.8, 4) is 0 Å². The number of benzene rings is 3. The van der Waals surface area contributed by atoms with Gasteiger partial charge in [-0.2, -0.15) is 0 Å². The van der Waals surface area contributed by atoms with Crippen molar-refractivity contribution in [3.63, 3.8) is 0 Å². The second-order valence-electron chi connectivity index (χ2n) is 8.03. The lowest BCUT2D eigenvalue weighted by molar-refractivity contribution is 0.0976. The Labute approximate surface area is 203 Å². The largest absolute Gasteiger partial charge is 0.326 e. The van der Waals surface area contributed by atoms with Crippen LogP contribution in [0.15, 0.2) is 59.6 Å². The molecular weight excluding hydrogens is 489 g/mol. The molecule has 3 rings (SSSR count). The molecule has 0 bridgehead atoms. The maximum Gasteiger partial charge on any atom is 0.258 e. The zero-order valence-electron chi connectivity index (χ0n) is 18.7. The topological polar surface area (TPSA) is 53.5 Å². The molecule has 0 saturated carbocycles. The smallest absolute Gasteiger partial charge is 0.258 e. The first-order valence-corrected chi connectivity index (χ1v) is 10.9. The molecule has 0 fully saturated rings. The van der Waals surface area contributed by atoms with Crippen LogP contribution in [0.4, 0.5) is 27.6 Å². The molecule has 0 saturated heterocycles. The SMILES string of the molecule is CC(CC(C)c1cc(F)cc(F)c1)N=C(NC(=O)c1ccc(F)c(F)c1)Nc1cc(F)cc(Cl)c1. The van der Waals surface area contributed by atoms with Gasteiger partial charge in [0.2, 0.25) is 5.96 Å². The van der Waals surface area contributed by atoms with Crippen LogP contribution in [0.2, 0.25) is 5.02 Å². The summed E-state index contributed by atoms with van der Waals surface area (Å²) < 4.78 is 67.8. The molecule has 10 heteroatoms. The Hall–Kier alpha value is -3.46. The van der Waals surface area contributed by atoms with Crippen LogP contribution in [-0.2, 0) is 0 Å². The van der Waals surface area contributed by atoms with Crippen LogP contribution >= 0.6 is 11.6 Å². The third kappa shape index (κ3) is 7.51. The molecular formula is C25H21ClF5N3O. The number of amides is 1. The maximum atomic E-state index is 13.8. The molecule has 2 atom stereocenters. The van der Waals surface area contributed by atoms with Gasteiger partial charge in [0.25, 0.3) is 5.91 Å². The van der Waals surface area contributed by atoms with Gasteiger partial charge in [-0.05, 0) is 73.4 Å². The van der Waals surface area contributed by atoms with Crippen molar-refractivity contribution >= 4 is 29.2 Å². The summed E-state index contributed by atoms with van der Waals surface area (Å²) in [7, 11) is 0. The predicted molar refractivity (Wildman–Crippen MR) is 125 cm³/mol. The molecule has 35 heavy (non-hydrogen) atoms. The number of anilines is 1. The zero-order valence-corrected chi connectivity index (χ0v) is 19.4. The summed E-state index contributed by atoms with van der Waals surface area (Å²) in [5, 5.41) is 5.30. The first-order valence-electron chi connectivity index (χ1n) is 10.5. The van der Waals surface area contributed by atoms with E-state index in [4.69, 9.17) is 11.6 Å². The van der Waals surface area contributed by atoms with E-state index in [1.165, 1.54) is 18.2 Å². The van der Waals surface area contributed by atoms with Crippen molar-refractivity contribution < 1.29 is 26.7 Å². The minimum atomic E-state index is -1.20. The Kier molecular flexibility index (Phi) is 8.45. The van der Waals surface area contributed by atoms with Gasteiger partial charge in [-0.25, -0.2) is 26.9 Å². The van der Waals surface area contributed by atoms with Gasteiger partial charge in [0.1, 0.15) is 17.5 Å². The maximum absolute atomic E-state index is 13.8. The number of halogens is 6. The van der Waals surface area contributed by atoms with E-state index in [1.807, 2.05) is 0 Å². The lowest BCUT2D eigenvalue weighted by Gasteiger charge is -2.18. The van der Waals surface area contributed by atoms with Crippen molar-refractivity contribution in [1.29, 1.82) is 0 Å². The van der Waals surface area contributed by atoms with Crippen LogP contribution in [0.5, 0.6) is 0 Å². The second-order valence-corrected chi connectivity index (χ2v) is 8.47. The number of nitrogens with zero attached hydrogens (tertiary/aromatic N) is 1. The molecule has 1 amide bonds. The summed E-state index contributed by atoms with van der Waals surface area (Å²) in [6.07, 6.45) is 0.332. The fourth-order valence-corrected chi connectivity index (χ4v) is 3.68. The Morgan fingerprint density at radius 3 is 2.17 bits per heavy atom. The Bertz CT molecular complexity index is 1230. The molecule has 3 aromatic rings. The number of hydrogen-bond acceptors (Lipinski definition) is 2. The van der Waals surface area contributed by atoms with Gasteiger partial charge in [0, 0.05) is 22.3 Å². The molecule has 0 radical (unpaired) electrons. The Balaban J connectivity index is 1.85. The fraction of sp³-hybridized carbons (Fsp3) is 0.200. The summed E-state index contributed by atoms with van der Waals surface area (Å²) in [6, 6.07) is 8.96. The molecule has 0 aromatic heterocycles. The molecule has 0 heterocycles. The van der Waals surface area contributed by atoms with E-state index in [2.05, 4.69) is 15.6 Å². The average Bonchev–Trinajstić information content (AvgIpc) is 2.74.